The molecule has 20 heavy (non-hydrogen) atoms. The molecule has 0 spiro atoms. The minimum atomic E-state index is 0.0933. The van der Waals surface area contributed by atoms with Crippen molar-refractivity contribution in [3.05, 3.63) is 30.2 Å². The molecule has 1 N–H and O–H groups in total. The third-order valence-electron chi connectivity index (χ3n) is 3.05. The van der Waals surface area contributed by atoms with Gasteiger partial charge in [0.05, 0.1) is 12.6 Å². The molecule has 0 amide bonds. The van der Waals surface area contributed by atoms with E-state index in [2.05, 4.69) is 29.4 Å². The van der Waals surface area contributed by atoms with Crippen molar-refractivity contribution in [2.24, 2.45) is 0 Å². The van der Waals surface area contributed by atoms with Crippen LogP contribution >= 0.6 is 0 Å². The molecule has 2 rings (SSSR count). The molecular weight excluding hydrogens is 254 g/mol. The predicted molar refractivity (Wildman–Crippen MR) is 77.6 cm³/mol. The second kappa shape index (κ2) is 7.05. The molecule has 1 unspecified atom stereocenters. The lowest BCUT2D eigenvalue weighted by Crippen LogP contribution is -2.15. The lowest BCUT2D eigenvalue weighted by atomic mass is 10.2. The Morgan fingerprint density at radius 1 is 1.30 bits per heavy atom. The largest absolute Gasteiger partial charge is 0.494 e. The summed E-state index contributed by atoms with van der Waals surface area (Å²) in [6.07, 6.45) is 1.88. The lowest BCUT2D eigenvalue weighted by molar-refractivity contribution is 0.317. The zero-order chi connectivity index (χ0) is 14.4. The van der Waals surface area contributed by atoms with Crippen LogP contribution in [-0.4, -0.2) is 23.9 Å². The van der Waals surface area contributed by atoms with E-state index in [0.29, 0.717) is 18.4 Å². The summed E-state index contributed by atoms with van der Waals surface area (Å²) in [5.74, 6) is 1.96. The quantitative estimate of drug-likeness (QED) is 0.840. The number of hydrogen-bond donors (Lipinski definition) is 1. The maximum Gasteiger partial charge on any atom is 0.247 e. The van der Waals surface area contributed by atoms with Crippen molar-refractivity contribution in [2.75, 3.05) is 13.7 Å². The highest BCUT2D eigenvalue weighted by Gasteiger charge is 2.16. The first-order valence-corrected chi connectivity index (χ1v) is 7.02. The number of nitrogens with zero attached hydrogens (tertiary/aromatic N) is 2. The number of aromatic nitrogens is 2. The van der Waals surface area contributed by atoms with Gasteiger partial charge in [0.15, 0.2) is 0 Å². The fourth-order valence-corrected chi connectivity index (χ4v) is 1.93. The Labute approximate surface area is 119 Å². The molecule has 0 bridgehead atoms. The van der Waals surface area contributed by atoms with Crippen LogP contribution in [0.1, 0.15) is 38.6 Å². The summed E-state index contributed by atoms with van der Waals surface area (Å²) in [4.78, 5) is 0. The fourth-order valence-electron chi connectivity index (χ4n) is 1.93. The van der Waals surface area contributed by atoms with Gasteiger partial charge in [0.1, 0.15) is 5.75 Å². The maximum atomic E-state index is 5.73. The molecule has 1 heterocycles. The molecule has 0 aliphatic heterocycles. The van der Waals surface area contributed by atoms with E-state index in [1.54, 1.807) is 0 Å². The van der Waals surface area contributed by atoms with Gasteiger partial charge in [0.2, 0.25) is 11.8 Å². The summed E-state index contributed by atoms with van der Waals surface area (Å²) in [6.45, 7) is 4.86. The van der Waals surface area contributed by atoms with Crippen LogP contribution in [0.25, 0.3) is 11.5 Å². The van der Waals surface area contributed by atoms with E-state index < -0.39 is 0 Å². The van der Waals surface area contributed by atoms with E-state index in [4.69, 9.17) is 9.15 Å². The van der Waals surface area contributed by atoms with Crippen LogP contribution in [0.2, 0.25) is 0 Å². The fraction of sp³-hybridized carbons (Fsp3) is 0.467. The van der Waals surface area contributed by atoms with Crippen LogP contribution in [-0.2, 0) is 0 Å². The van der Waals surface area contributed by atoms with Gasteiger partial charge in [-0.15, -0.1) is 10.2 Å². The van der Waals surface area contributed by atoms with Gasteiger partial charge in [0.25, 0.3) is 0 Å². The van der Waals surface area contributed by atoms with Crippen molar-refractivity contribution < 1.29 is 9.15 Å². The molecule has 0 aliphatic rings. The summed E-state index contributed by atoms with van der Waals surface area (Å²) in [6, 6.07) is 7.82. The molecule has 5 heteroatoms. The van der Waals surface area contributed by atoms with Crippen LogP contribution in [0.5, 0.6) is 5.75 Å². The molecule has 0 saturated carbocycles. The van der Waals surface area contributed by atoms with E-state index in [1.165, 1.54) is 0 Å². The highest BCUT2D eigenvalue weighted by Crippen LogP contribution is 2.25. The molecule has 1 aromatic heterocycles. The predicted octanol–water partition coefficient (Wildman–Crippen LogP) is 3.20. The number of nitrogens with one attached hydrogen (secondary N) is 1. The van der Waals surface area contributed by atoms with Crippen molar-refractivity contribution in [3.63, 3.8) is 0 Å². The second-order valence-electron chi connectivity index (χ2n) is 4.57. The van der Waals surface area contributed by atoms with Crippen LogP contribution in [0, 0.1) is 0 Å². The Bertz CT molecular complexity index is 535. The Hall–Kier alpha value is -1.88. The first-order valence-electron chi connectivity index (χ1n) is 7.02. The molecule has 0 saturated heterocycles. The third-order valence-corrected chi connectivity index (χ3v) is 3.05. The second-order valence-corrected chi connectivity index (χ2v) is 4.57. The smallest absolute Gasteiger partial charge is 0.247 e. The van der Waals surface area contributed by atoms with Crippen molar-refractivity contribution >= 4 is 0 Å². The minimum Gasteiger partial charge on any atom is -0.494 e. The van der Waals surface area contributed by atoms with Crippen molar-refractivity contribution in [3.8, 4) is 17.2 Å². The topological polar surface area (TPSA) is 60.2 Å². The van der Waals surface area contributed by atoms with E-state index >= 15 is 0 Å². The Balaban J connectivity index is 2.19. The molecule has 1 aromatic carbocycles. The highest BCUT2D eigenvalue weighted by atomic mass is 16.5. The molecule has 2 aromatic rings. The summed E-state index contributed by atoms with van der Waals surface area (Å²) < 4.78 is 11.3. The van der Waals surface area contributed by atoms with Gasteiger partial charge < -0.3 is 14.5 Å². The van der Waals surface area contributed by atoms with Crippen molar-refractivity contribution in [2.45, 2.75) is 32.7 Å². The number of rotatable bonds is 7. The first kappa shape index (κ1) is 14.5. The van der Waals surface area contributed by atoms with Gasteiger partial charge in [-0.25, -0.2) is 0 Å². The Kier molecular flexibility index (Phi) is 5.12. The average Bonchev–Trinajstić information content (AvgIpc) is 2.96. The molecular formula is C15H21N3O2. The van der Waals surface area contributed by atoms with Crippen molar-refractivity contribution in [1.82, 2.24) is 15.5 Å². The number of hydrogen-bond acceptors (Lipinski definition) is 5. The van der Waals surface area contributed by atoms with Crippen molar-refractivity contribution in [1.29, 1.82) is 0 Å². The Morgan fingerprint density at radius 3 is 2.85 bits per heavy atom. The summed E-state index contributed by atoms with van der Waals surface area (Å²) in [7, 11) is 1.89. The maximum absolute atomic E-state index is 5.73. The lowest BCUT2D eigenvalue weighted by Gasteiger charge is -2.07. The summed E-state index contributed by atoms with van der Waals surface area (Å²) >= 11 is 0. The van der Waals surface area contributed by atoms with Crippen LogP contribution in [0.3, 0.4) is 0 Å². The van der Waals surface area contributed by atoms with Crippen LogP contribution < -0.4 is 10.1 Å². The van der Waals surface area contributed by atoms with Gasteiger partial charge >= 0.3 is 0 Å². The van der Waals surface area contributed by atoms with E-state index in [-0.39, 0.29) is 6.04 Å². The monoisotopic (exact) mass is 275 g/mol. The minimum absolute atomic E-state index is 0.0933. The molecule has 5 nitrogen and oxygen atoms in total. The van der Waals surface area contributed by atoms with Gasteiger partial charge in [-0.3, -0.25) is 0 Å². The SMILES string of the molecule is CCCOc1cccc(-c2nnc(C(CC)NC)o2)c1. The van der Waals surface area contributed by atoms with Crippen LogP contribution in [0.4, 0.5) is 0 Å². The highest BCUT2D eigenvalue weighted by molar-refractivity contribution is 5.55. The summed E-state index contributed by atoms with van der Waals surface area (Å²) in [5, 5.41) is 11.4. The van der Waals surface area contributed by atoms with Gasteiger partial charge in [0, 0.05) is 5.56 Å². The number of ether oxygens (including phenoxy) is 1. The number of benzene rings is 1. The molecule has 0 aliphatic carbocycles. The Morgan fingerprint density at radius 2 is 2.15 bits per heavy atom. The zero-order valence-electron chi connectivity index (χ0n) is 12.2. The van der Waals surface area contributed by atoms with Gasteiger partial charge in [-0.05, 0) is 38.1 Å². The molecule has 0 fully saturated rings. The standard InChI is InChI=1S/C15H21N3O2/c1-4-9-19-12-8-6-7-11(10-12)14-17-18-15(20-14)13(5-2)16-3/h6-8,10,13,16H,4-5,9H2,1-3H3. The molecule has 0 radical (unpaired) electrons. The van der Waals surface area contributed by atoms with Crippen LogP contribution in [0.15, 0.2) is 28.7 Å². The normalized spacial score (nSPS) is 12.3. The zero-order valence-corrected chi connectivity index (χ0v) is 12.2. The van der Waals surface area contributed by atoms with E-state index in [0.717, 1.165) is 24.2 Å². The van der Waals surface area contributed by atoms with Gasteiger partial charge in [-0.1, -0.05) is 19.9 Å². The van der Waals surface area contributed by atoms with Gasteiger partial charge in [-0.2, -0.15) is 0 Å². The first-order chi connectivity index (χ1) is 9.78. The average molecular weight is 275 g/mol. The van der Waals surface area contributed by atoms with E-state index in [9.17, 15) is 0 Å². The summed E-state index contributed by atoms with van der Waals surface area (Å²) in [5.41, 5.74) is 0.878. The molecule has 1 atom stereocenters. The van der Waals surface area contributed by atoms with E-state index in [1.807, 2.05) is 31.3 Å². The third kappa shape index (κ3) is 3.36. The molecule has 108 valence electrons.